The van der Waals surface area contributed by atoms with Gasteiger partial charge in [0.05, 0.1) is 11.9 Å². The second-order valence-electron chi connectivity index (χ2n) is 7.39. The lowest BCUT2D eigenvalue weighted by atomic mass is 10.1. The Morgan fingerprint density at radius 1 is 1.19 bits per heavy atom. The highest BCUT2D eigenvalue weighted by atomic mass is 79.9. The van der Waals surface area contributed by atoms with Crippen LogP contribution in [0.25, 0.3) is 0 Å². The quantitative estimate of drug-likeness (QED) is 0.521. The number of hydrogen-bond donors (Lipinski definition) is 1. The fraction of sp³-hybridized carbons (Fsp3) is 0.364. The topological polar surface area (TPSA) is 86.8 Å². The van der Waals surface area contributed by atoms with Crippen molar-refractivity contribution >= 4 is 55.1 Å². The van der Waals surface area contributed by atoms with Crippen LogP contribution in [0.2, 0.25) is 5.02 Å². The van der Waals surface area contributed by atoms with Gasteiger partial charge in [-0.25, -0.2) is 8.42 Å². The lowest BCUT2D eigenvalue weighted by Crippen LogP contribution is -2.51. The Labute approximate surface area is 202 Å². The molecule has 0 aliphatic heterocycles. The van der Waals surface area contributed by atoms with Crippen LogP contribution in [0.4, 0.5) is 5.69 Å². The molecule has 0 unspecified atom stereocenters. The molecule has 2 aromatic carbocycles. The molecule has 1 N–H and O–H groups in total. The summed E-state index contributed by atoms with van der Waals surface area (Å²) in [4.78, 5) is 27.2. The molecule has 0 bridgehead atoms. The van der Waals surface area contributed by atoms with Crippen LogP contribution >= 0.6 is 27.5 Å². The average Bonchev–Trinajstić information content (AvgIpc) is 2.72. The standard InChI is InChI=1S/C22H27BrClN3O4S/c1-5-25-22(29)16(3)26(13-17-8-6-7-9-20(17)24)21(28)14-27(32(4,30)31)18-10-11-19(23)15(2)12-18/h6-12,16H,5,13-14H2,1-4H3,(H,25,29)/t16-/m0/s1. The normalized spacial score (nSPS) is 12.2. The van der Waals surface area contributed by atoms with Crippen LogP contribution in [0.1, 0.15) is 25.0 Å². The third kappa shape index (κ3) is 6.70. The van der Waals surface area contributed by atoms with Gasteiger partial charge in [0, 0.05) is 22.6 Å². The number of aryl methyl sites for hydroxylation is 1. The van der Waals surface area contributed by atoms with E-state index in [0.29, 0.717) is 22.8 Å². The molecule has 32 heavy (non-hydrogen) atoms. The van der Waals surface area contributed by atoms with Crippen molar-refractivity contribution in [2.45, 2.75) is 33.4 Å². The first-order valence-corrected chi connectivity index (χ1v) is 13.0. The summed E-state index contributed by atoms with van der Waals surface area (Å²) in [7, 11) is -3.77. The van der Waals surface area contributed by atoms with Gasteiger partial charge in [0.15, 0.2) is 0 Å². The molecule has 0 aliphatic rings. The molecule has 174 valence electrons. The molecule has 1 atom stereocenters. The number of carbonyl (C=O) groups excluding carboxylic acids is 2. The Bertz CT molecular complexity index is 1090. The average molecular weight is 545 g/mol. The first kappa shape index (κ1) is 26.2. The molecule has 0 aliphatic carbocycles. The predicted molar refractivity (Wildman–Crippen MR) is 131 cm³/mol. The summed E-state index contributed by atoms with van der Waals surface area (Å²) >= 11 is 9.67. The van der Waals surface area contributed by atoms with E-state index in [4.69, 9.17) is 11.6 Å². The van der Waals surface area contributed by atoms with Crippen molar-refractivity contribution in [1.82, 2.24) is 10.2 Å². The van der Waals surface area contributed by atoms with E-state index in [0.717, 1.165) is 20.6 Å². The lowest BCUT2D eigenvalue weighted by molar-refractivity contribution is -0.139. The number of benzene rings is 2. The first-order valence-electron chi connectivity index (χ1n) is 10.00. The number of sulfonamides is 1. The Kier molecular flexibility index (Phi) is 9.12. The smallest absolute Gasteiger partial charge is 0.244 e. The molecule has 0 spiro atoms. The molecule has 0 saturated heterocycles. The van der Waals surface area contributed by atoms with Crippen molar-refractivity contribution in [1.29, 1.82) is 0 Å². The zero-order valence-electron chi connectivity index (χ0n) is 18.4. The van der Waals surface area contributed by atoms with Crippen molar-refractivity contribution in [3.8, 4) is 0 Å². The van der Waals surface area contributed by atoms with Crippen LogP contribution < -0.4 is 9.62 Å². The number of carbonyl (C=O) groups is 2. The van der Waals surface area contributed by atoms with E-state index in [1.54, 1.807) is 56.3 Å². The van der Waals surface area contributed by atoms with E-state index in [-0.39, 0.29) is 12.5 Å². The number of hydrogen-bond acceptors (Lipinski definition) is 4. The van der Waals surface area contributed by atoms with Crippen LogP contribution in [0.3, 0.4) is 0 Å². The van der Waals surface area contributed by atoms with Gasteiger partial charge in [0.2, 0.25) is 21.8 Å². The third-order valence-corrected chi connectivity index (χ3v) is 7.32. The molecule has 2 amide bonds. The Morgan fingerprint density at radius 3 is 2.41 bits per heavy atom. The van der Waals surface area contributed by atoms with Crippen LogP contribution in [0.5, 0.6) is 0 Å². The summed E-state index contributed by atoms with van der Waals surface area (Å²) in [6.07, 6.45) is 1.04. The summed E-state index contributed by atoms with van der Waals surface area (Å²) in [6.45, 7) is 5.24. The zero-order valence-corrected chi connectivity index (χ0v) is 21.6. The summed E-state index contributed by atoms with van der Waals surface area (Å²) < 4.78 is 27.0. The van der Waals surface area contributed by atoms with Crippen molar-refractivity contribution in [3.05, 3.63) is 63.1 Å². The summed E-state index contributed by atoms with van der Waals surface area (Å²) in [5.41, 5.74) is 1.85. The molecule has 2 rings (SSSR count). The van der Waals surface area contributed by atoms with Gasteiger partial charge >= 0.3 is 0 Å². The van der Waals surface area contributed by atoms with Crippen molar-refractivity contribution < 1.29 is 18.0 Å². The number of halogens is 2. The maximum absolute atomic E-state index is 13.4. The SMILES string of the molecule is CCNC(=O)[C@H](C)N(Cc1ccccc1Cl)C(=O)CN(c1ccc(Br)c(C)c1)S(C)(=O)=O. The molecule has 2 aromatic rings. The fourth-order valence-corrected chi connectivity index (χ4v) is 4.40. The van der Waals surface area contributed by atoms with Gasteiger partial charge in [-0.1, -0.05) is 45.7 Å². The minimum atomic E-state index is -3.77. The van der Waals surface area contributed by atoms with E-state index in [9.17, 15) is 18.0 Å². The molecular weight excluding hydrogens is 518 g/mol. The van der Waals surface area contributed by atoms with Crippen molar-refractivity contribution in [3.63, 3.8) is 0 Å². The highest BCUT2D eigenvalue weighted by molar-refractivity contribution is 9.10. The largest absolute Gasteiger partial charge is 0.355 e. The molecular formula is C22H27BrClN3O4S. The van der Waals surface area contributed by atoms with Crippen LogP contribution in [-0.2, 0) is 26.2 Å². The number of likely N-dealkylation sites (N-methyl/N-ethyl adjacent to an activating group) is 1. The summed E-state index contributed by atoms with van der Waals surface area (Å²) in [6, 6.07) is 11.2. The van der Waals surface area contributed by atoms with E-state index < -0.39 is 28.5 Å². The first-order chi connectivity index (χ1) is 15.0. The van der Waals surface area contributed by atoms with E-state index in [1.165, 1.54) is 4.90 Å². The minimum absolute atomic E-state index is 0.0633. The monoisotopic (exact) mass is 543 g/mol. The molecule has 0 heterocycles. The summed E-state index contributed by atoms with van der Waals surface area (Å²) in [5, 5.41) is 3.16. The Morgan fingerprint density at radius 2 is 1.84 bits per heavy atom. The molecule has 0 fully saturated rings. The van der Waals surface area contributed by atoms with E-state index in [1.807, 2.05) is 6.92 Å². The van der Waals surface area contributed by atoms with Gasteiger partial charge in [0.1, 0.15) is 12.6 Å². The van der Waals surface area contributed by atoms with Gasteiger partial charge in [-0.15, -0.1) is 0 Å². The lowest BCUT2D eigenvalue weighted by Gasteiger charge is -2.31. The highest BCUT2D eigenvalue weighted by Gasteiger charge is 2.30. The number of nitrogens with one attached hydrogen (secondary N) is 1. The van der Waals surface area contributed by atoms with E-state index in [2.05, 4.69) is 21.2 Å². The van der Waals surface area contributed by atoms with Crippen molar-refractivity contribution in [2.24, 2.45) is 0 Å². The minimum Gasteiger partial charge on any atom is -0.355 e. The second-order valence-corrected chi connectivity index (χ2v) is 10.6. The number of anilines is 1. The van der Waals surface area contributed by atoms with Crippen LogP contribution in [-0.4, -0.2) is 50.5 Å². The Hall–Kier alpha value is -2.10. The van der Waals surface area contributed by atoms with Gasteiger partial charge in [0.25, 0.3) is 0 Å². The number of rotatable bonds is 9. The summed E-state index contributed by atoms with van der Waals surface area (Å²) in [5.74, 6) is -0.854. The Balaban J connectivity index is 2.42. The van der Waals surface area contributed by atoms with E-state index >= 15 is 0 Å². The van der Waals surface area contributed by atoms with Gasteiger partial charge in [-0.05, 0) is 56.2 Å². The van der Waals surface area contributed by atoms with Gasteiger partial charge < -0.3 is 10.2 Å². The van der Waals surface area contributed by atoms with Gasteiger partial charge in [-0.3, -0.25) is 13.9 Å². The molecule has 0 radical (unpaired) electrons. The fourth-order valence-electron chi connectivity index (χ4n) is 3.11. The van der Waals surface area contributed by atoms with Crippen molar-refractivity contribution in [2.75, 3.05) is 23.7 Å². The zero-order chi connectivity index (χ0) is 24.1. The highest BCUT2D eigenvalue weighted by Crippen LogP contribution is 2.25. The third-order valence-electron chi connectivity index (χ3n) is 4.93. The molecule has 10 heteroatoms. The maximum atomic E-state index is 13.4. The predicted octanol–water partition coefficient (Wildman–Crippen LogP) is 3.73. The second kappa shape index (κ2) is 11.2. The van der Waals surface area contributed by atoms with Crippen LogP contribution in [0, 0.1) is 6.92 Å². The molecule has 0 saturated carbocycles. The molecule has 7 nitrogen and oxygen atoms in total. The van der Waals surface area contributed by atoms with Gasteiger partial charge in [-0.2, -0.15) is 0 Å². The maximum Gasteiger partial charge on any atom is 0.244 e. The number of amides is 2. The van der Waals surface area contributed by atoms with Crippen LogP contribution in [0.15, 0.2) is 46.9 Å². The molecule has 0 aromatic heterocycles. The number of nitrogens with zero attached hydrogens (tertiary/aromatic N) is 2.